The van der Waals surface area contributed by atoms with Crippen molar-refractivity contribution in [1.82, 2.24) is 19.7 Å². The lowest BCUT2D eigenvalue weighted by molar-refractivity contribution is 0.648. The van der Waals surface area contributed by atoms with Crippen molar-refractivity contribution in [3.05, 3.63) is 89.3 Å². The number of nitrogens with one attached hydrogen (secondary N) is 1. The van der Waals surface area contributed by atoms with Crippen molar-refractivity contribution in [1.29, 1.82) is 0 Å². The zero-order valence-electron chi connectivity index (χ0n) is 21.5. The smallest absolute Gasteiger partial charge is 0.280 e. The Labute approximate surface area is 212 Å². The van der Waals surface area contributed by atoms with E-state index in [9.17, 15) is 4.79 Å². The highest BCUT2D eigenvalue weighted by molar-refractivity contribution is 6.00. The molecule has 5 aromatic rings. The molecule has 1 fully saturated rings. The van der Waals surface area contributed by atoms with Crippen LogP contribution in [0.1, 0.15) is 27.7 Å². The van der Waals surface area contributed by atoms with E-state index in [2.05, 4.69) is 44.1 Å². The lowest BCUT2D eigenvalue weighted by Gasteiger charge is -2.36. The summed E-state index contributed by atoms with van der Waals surface area (Å²) in [5.74, 6) is 0.910. The number of aromatic nitrogens is 4. The van der Waals surface area contributed by atoms with Gasteiger partial charge in [-0.2, -0.15) is 0 Å². The minimum Gasteiger partial charge on any atom is -0.368 e. The molecule has 186 valence electrons. The van der Waals surface area contributed by atoms with Crippen molar-refractivity contribution >= 4 is 33.4 Å². The van der Waals surface area contributed by atoms with Crippen LogP contribution in [0.2, 0.25) is 0 Å². The Balaban J connectivity index is 0.000000726. The van der Waals surface area contributed by atoms with Gasteiger partial charge in [-0.3, -0.25) is 14.9 Å². The zero-order chi connectivity index (χ0) is 25.5. The molecule has 6 rings (SSSR count). The number of rotatable bonds is 3. The Morgan fingerprint density at radius 3 is 1.94 bits per heavy atom. The van der Waals surface area contributed by atoms with Crippen LogP contribution in [0, 0.1) is 0 Å². The third kappa shape index (κ3) is 4.82. The van der Waals surface area contributed by atoms with Crippen LogP contribution in [0.25, 0.3) is 27.6 Å². The summed E-state index contributed by atoms with van der Waals surface area (Å²) < 4.78 is 1.55. The summed E-state index contributed by atoms with van der Waals surface area (Å²) in [4.78, 5) is 27.1. The van der Waals surface area contributed by atoms with Gasteiger partial charge in [-0.25, -0.2) is 9.67 Å². The second-order valence-electron chi connectivity index (χ2n) is 7.98. The summed E-state index contributed by atoms with van der Waals surface area (Å²) >= 11 is 0. The molecule has 3 aromatic heterocycles. The van der Waals surface area contributed by atoms with Crippen molar-refractivity contribution in [2.45, 2.75) is 27.7 Å². The van der Waals surface area contributed by atoms with Crippen molar-refractivity contribution in [3.63, 3.8) is 0 Å². The Morgan fingerprint density at radius 1 is 0.722 bits per heavy atom. The van der Waals surface area contributed by atoms with E-state index in [1.165, 1.54) is 5.69 Å². The first-order valence-electron chi connectivity index (χ1n) is 12.8. The molecule has 0 spiro atoms. The van der Waals surface area contributed by atoms with Gasteiger partial charge in [-0.15, -0.1) is 0 Å². The van der Waals surface area contributed by atoms with E-state index < -0.39 is 0 Å². The normalized spacial score (nSPS) is 13.1. The van der Waals surface area contributed by atoms with Crippen molar-refractivity contribution in [2.24, 2.45) is 0 Å². The molecule has 2 aromatic carbocycles. The molecule has 4 heterocycles. The number of hydrogen-bond donors (Lipinski definition) is 1. The minimum atomic E-state index is -0.121. The van der Waals surface area contributed by atoms with Gasteiger partial charge in [0.2, 0.25) is 0 Å². The molecule has 0 bridgehead atoms. The summed E-state index contributed by atoms with van der Waals surface area (Å²) in [6.07, 6.45) is 1.63. The third-order valence-electron chi connectivity index (χ3n) is 6.09. The van der Waals surface area contributed by atoms with E-state index in [0.29, 0.717) is 10.9 Å². The van der Waals surface area contributed by atoms with Crippen LogP contribution in [0.15, 0.2) is 83.8 Å². The predicted octanol–water partition coefficient (Wildman–Crippen LogP) is 5.64. The van der Waals surface area contributed by atoms with E-state index in [1.54, 1.807) is 10.9 Å². The summed E-state index contributed by atoms with van der Waals surface area (Å²) in [6, 6.07) is 24.1. The van der Waals surface area contributed by atoms with Gasteiger partial charge < -0.3 is 9.80 Å². The average molecular weight is 483 g/mol. The topological polar surface area (TPSA) is 70.1 Å². The molecule has 0 unspecified atom stereocenters. The lowest BCUT2D eigenvalue weighted by atomic mass is 10.2. The fraction of sp³-hybridized carbons (Fsp3) is 0.276. The molecule has 1 N–H and O–H groups in total. The van der Waals surface area contributed by atoms with Crippen LogP contribution in [-0.4, -0.2) is 45.9 Å². The van der Waals surface area contributed by atoms with Crippen LogP contribution < -0.4 is 15.4 Å². The van der Waals surface area contributed by atoms with Crippen LogP contribution in [0.4, 0.5) is 11.5 Å². The van der Waals surface area contributed by atoms with Gasteiger partial charge in [0.25, 0.3) is 5.56 Å². The molecule has 0 aliphatic carbocycles. The van der Waals surface area contributed by atoms with Gasteiger partial charge in [-0.05, 0) is 36.4 Å². The number of aromatic amines is 1. The number of piperazine rings is 1. The molecule has 0 amide bonds. The largest absolute Gasteiger partial charge is 0.368 e. The maximum Gasteiger partial charge on any atom is 0.280 e. The van der Waals surface area contributed by atoms with Gasteiger partial charge in [0.05, 0.1) is 22.1 Å². The highest BCUT2D eigenvalue weighted by Crippen LogP contribution is 2.24. The highest BCUT2D eigenvalue weighted by Gasteiger charge is 2.20. The second-order valence-corrected chi connectivity index (χ2v) is 7.98. The van der Waals surface area contributed by atoms with Gasteiger partial charge >= 0.3 is 0 Å². The van der Waals surface area contributed by atoms with Crippen LogP contribution in [0.3, 0.4) is 0 Å². The number of hydrogen-bond acceptors (Lipinski definition) is 5. The number of para-hydroxylation sites is 2. The number of benzene rings is 2. The molecule has 7 heteroatoms. The Hall–Kier alpha value is -4.13. The molecule has 7 nitrogen and oxygen atoms in total. The van der Waals surface area contributed by atoms with E-state index >= 15 is 0 Å². The van der Waals surface area contributed by atoms with E-state index in [4.69, 9.17) is 4.98 Å². The van der Waals surface area contributed by atoms with Crippen LogP contribution in [0.5, 0.6) is 0 Å². The van der Waals surface area contributed by atoms with Crippen LogP contribution >= 0.6 is 0 Å². The fourth-order valence-electron chi connectivity index (χ4n) is 4.38. The van der Waals surface area contributed by atoms with Crippen LogP contribution in [-0.2, 0) is 0 Å². The molecule has 1 aliphatic rings. The molecule has 1 saturated heterocycles. The van der Waals surface area contributed by atoms with Gasteiger partial charge in [0, 0.05) is 38.1 Å². The number of pyridine rings is 2. The Kier molecular flexibility index (Phi) is 8.00. The standard InChI is InChI=1S/C25H22N6O.2C2H6/c32-25-20-17-26-21-11-12-22(30-15-13-29(14-16-30)18-7-3-1-4-8-18)27-24(21)23(20)28-31(25)19-9-5-2-6-10-19;2*1-2/h1-12,17,28H,13-16H2;2*1-2H3. The van der Waals surface area contributed by atoms with Crippen molar-refractivity contribution < 1.29 is 0 Å². The summed E-state index contributed by atoms with van der Waals surface area (Å²) in [5.41, 5.74) is 4.13. The van der Waals surface area contributed by atoms with Crippen molar-refractivity contribution in [2.75, 3.05) is 36.0 Å². The monoisotopic (exact) mass is 482 g/mol. The first-order valence-corrected chi connectivity index (χ1v) is 12.8. The summed E-state index contributed by atoms with van der Waals surface area (Å²) in [6.45, 7) is 11.7. The summed E-state index contributed by atoms with van der Waals surface area (Å²) in [5, 5.41) is 3.80. The molecule has 0 atom stereocenters. The molecule has 0 saturated carbocycles. The molecule has 1 aliphatic heterocycles. The first kappa shape index (κ1) is 25.0. The maximum atomic E-state index is 13.0. The van der Waals surface area contributed by atoms with E-state index in [-0.39, 0.29) is 5.56 Å². The maximum absolute atomic E-state index is 13.0. The molecule has 0 radical (unpaired) electrons. The Morgan fingerprint density at radius 2 is 1.31 bits per heavy atom. The minimum absolute atomic E-state index is 0.121. The second kappa shape index (κ2) is 11.5. The number of anilines is 2. The quantitative estimate of drug-likeness (QED) is 0.360. The third-order valence-corrected chi connectivity index (χ3v) is 6.09. The molecule has 36 heavy (non-hydrogen) atoms. The first-order chi connectivity index (χ1) is 17.8. The molecular weight excluding hydrogens is 448 g/mol. The van der Waals surface area contributed by atoms with Gasteiger partial charge in [-0.1, -0.05) is 64.1 Å². The number of nitrogens with zero attached hydrogens (tertiary/aromatic N) is 5. The predicted molar refractivity (Wildman–Crippen MR) is 151 cm³/mol. The fourth-order valence-corrected chi connectivity index (χ4v) is 4.38. The average Bonchev–Trinajstić information content (AvgIpc) is 3.32. The summed E-state index contributed by atoms with van der Waals surface area (Å²) in [7, 11) is 0. The SMILES string of the molecule is CC.CC.O=c1c2cnc3ccc(N4CCN(c5ccccc5)CC4)nc3c2[nH]n1-c1ccccc1. The van der Waals surface area contributed by atoms with Gasteiger partial charge in [0.1, 0.15) is 11.3 Å². The Bertz CT molecular complexity index is 1450. The van der Waals surface area contributed by atoms with E-state index in [1.807, 2.05) is 76.2 Å². The number of H-pyrrole nitrogens is 1. The van der Waals surface area contributed by atoms with E-state index in [0.717, 1.165) is 48.7 Å². The van der Waals surface area contributed by atoms with Crippen molar-refractivity contribution in [3.8, 4) is 5.69 Å². The molecular formula is C29H34N6O. The zero-order valence-corrected chi connectivity index (χ0v) is 21.5. The number of fused-ring (bicyclic) bond motifs is 3. The van der Waals surface area contributed by atoms with Gasteiger partial charge in [0.15, 0.2) is 0 Å². The highest BCUT2D eigenvalue weighted by atomic mass is 16.1. The lowest BCUT2D eigenvalue weighted by Crippen LogP contribution is -2.46.